The van der Waals surface area contributed by atoms with E-state index in [1.54, 1.807) is 24.3 Å². The molecule has 6 heteroatoms. The van der Waals surface area contributed by atoms with Crippen molar-refractivity contribution in [3.8, 4) is 28.1 Å². The van der Waals surface area contributed by atoms with Crippen molar-refractivity contribution >= 4 is 11.2 Å². The minimum absolute atomic E-state index is 0.143. The molecule has 0 aliphatic heterocycles. The summed E-state index contributed by atoms with van der Waals surface area (Å²) in [5, 5.41) is 13.0. The summed E-state index contributed by atoms with van der Waals surface area (Å²) in [4.78, 5) is 18.5. The van der Waals surface area contributed by atoms with Gasteiger partial charge in [0.1, 0.15) is 5.75 Å². The van der Waals surface area contributed by atoms with Gasteiger partial charge < -0.3 is 10.8 Å². The van der Waals surface area contributed by atoms with Crippen molar-refractivity contribution < 1.29 is 5.11 Å². The molecule has 0 unspecified atom stereocenters. The summed E-state index contributed by atoms with van der Waals surface area (Å²) in [5.74, 6) is 0.143. The SMILES string of the molecule is NCc1nc2c(C3=CCCCC3)c(-c3ccccc3)[nH]n2c(=O)c1-c1ccc(O)cc1. The van der Waals surface area contributed by atoms with E-state index in [-0.39, 0.29) is 17.9 Å². The van der Waals surface area contributed by atoms with Crippen LogP contribution in [0.25, 0.3) is 33.6 Å². The molecule has 0 radical (unpaired) electrons. The number of aromatic hydroxyl groups is 1. The minimum atomic E-state index is -0.198. The molecule has 4 N–H and O–H groups in total. The van der Waals surface area contributed by atoms with E-state index in [0.29, 0.717) is 22.5 Å². The molecular weight excluding hydrogens is 388 g/mol. The largest absolute Gasteiger partial charge is 0.508 e. The molecule has 0 fully saturated rings. The Morgan fingerprint density at radius 2 is 1.77 bits per heavy atom. The smallest absolute Gasteiger partial charge is 0.280 e. The highest BCUT2D eigenvalue weighted by Crippen LogP contribution is 2.36. The summed E-state index contributed by atoms with van der Waals surface area (Å²) in [6.45, 7) is 0.145. The van der Waals surface area contributed by atoms with Crippen molar-refractivity contribution in [2.75, 3.05) is 0 Å². The maximum absolute atomic E-state index is 13.6. The number of phenols is 1. The predicted molar refractivity (Wildman–Crippen MR) is 123 cm³/mol. The van der Waals surface area contributed by atoms with Crippen molar-refractivity contribution in [2.24, 2.45) is 5.73 Å². The van der Waals surface area contributed by atoms with Gasteiger partial charge in [0.05, 0.1) is 17.0 Å². The first-order valence-electron chi connectivity index (χ1n) is 10.6. The molecule has 31 heavy (non-hydrogen) atoms. The maximum atomic E-state index is 13.6. The van der Waals surface area contributed by atoms with Crippen LogP contribution in [0.2, 0.25) is 0 Å². The van der Waals surface area contributed by atoms with Gasteiger partial charge in [-0.25, -0.2) is 4.98 Å². The Labute approximate surface area is 179 Å². The zero-order chi connectivity index (χ0) is 21.4. The molecule has 2 aromatic carbocycles. The van der Waals surface area contributed by atoms with Crippen LogP contribution in [0.3, 0.4) is 0 Å². The molecule has 0 saturated carbocycles. The van der Waals surface area contributed by atoms with E-state index < -0.39 is 0 Å². The lowest BCUT2D eigenvalue weighted by Gasteiger charge is -2.14. The quantitative estimate of drug-likeness (QED) is 0.460. The number of nitrogens with one attached hydrogen (secondary N) is 1. The Kier molecular flexibility index (Phi) is 4.92. The number of hydrogen-bond donors (Lipinski definition) is 3. The third kappa shape index (κ3) is 3.35. The fourth-order valence-electron chi connectivity index (χ4n) is 4.37. The van der Waals surface area contributed by atoms with Gasteiger partial charge in [-0.15, -0.1) is 0 Å². The third-order valence-electron chi connectivity index (χ3n) is 5.88. The van der Waals surface area contributed by atoms with Gasteiger partial charge in [0.15, 0.2) is 5.65 Å². The summed E-state index contributed by atoms with van der Waals surface area (Å²) in [6.07, 6.45) is 6.55. The first kappa shape index (κ1) is 19.3. The van der Waals surface area contributed by atoms with Crippen LogP contribution in [0.1, 0.15) is 36.9 Å². The minimum Gasteiger partial charge on any atom is -0.508 e. The van der Waals surface area contributed by atoms with Crippen LogP contribution in [-0.2, 0) is 6.54 Å². The lowest BCUT2D eigenvalue weighted by Crippen LogP contribution is -2.21. The lowest BCUT2D eigenvalue weighted by atomic mass is 9.92. The fraction of sp³-hybridized carbons (Fsp3) is 0.200. The molecule has 0 spiro atoms. The number of nitrogens with two attached hydrogens (primary N) is 1. The topological polar surface area (TPSA) is 96.4 Å². The molecule has 2 aromatic heterocycles. The van der Waals surface area contributed by atoms with E-state index in [0.717, 1.165) is 36.1 Å². The van der Waals surface area contributed by atoms with Crippen molar-refractivity contribution in [1.82, 2.24) is 14.6 Å². The van der Waals surface area contributed by atoms with E-state index in [9.17, 15) is 9.90 Å². The van der Waals surface area contributed by atoms with Crippen molar-refractivity contribution in [3.05, 3.63) is 82.3 Å². The van der Waals surface area contributed by atoms with Crippen molar-refractivity contribution in [2.45, 2.75) is 32.2 Å². The number of H-pyrrole nitrogens is 1. The van der Waals surface area contributed by atoms with E-state index in [1.165, 1.54) is 16.5 Å². The van der Waals surface area contributed by atoms with Crippen LogP contribution in [0.15, 0.2) is 65.5 Å². The second-order valence-corrected chi connectivity index (χ2v) is 7.85. The summed E-state index contributed by atoms with van der Waals surface area (Å²) in [7, 11) is 0. The molecule has 1 aliphatic rings. The number of benzene rings is 2. The number of aromatic amines is 1. The Morgan fingerprint density at radius 3 is 2.45 bits per heavy atom. The molecule has 0 atom stereocenters. The highest BCUT2D eigenvalue weighted by Gasteiger charge is 2.23. The Hall–Kier alpha value is -3.64. The standard InChI is InChI=1S/C25H24N4O2/c26-15-20-21(17-11-13-19(30)14-12-17)25(31)29-24(27-20)22(16-7-3-1-4-8-16)23(28-29)18-9-5-2-6-10-18/h2,5-7,9-14,28,30H,1,3-4,8,15,26H2. The molecule has 1 aliphatic carbocycles. The average molecular weight is 412 g/mol. The average Bonchev–Trinajstić information content (AvgIpc) is 3.21. The molecule has 156 valence electrons. The fourth-order valence-corrected chi connectivity index (χ4v) is 4.37. The highest BCUT2D eigenvalue weighted by atomic mass is 16.3. The second kappa shape index (κ2) is 7.89. The van der Waals surface area contributed by atoms with Crippen LogP contribution in [-0.4, -0.2) is 19.7 Å². The van der Waals surface area contributed by atoms with Gasteiger partial charge in [-0.3, -0.25) is 9.89 Å². The number of allylic oxidation sites excluding steroid dienone is 2. The van der Waals surface area contributed by atoms with Crippen molar-refractivity contribution in [1.29, 1.82) is 0 Å². The van der Waals surface area contributed by atoms with Gasteiger partial charge in [-0.1, -0.05) is 48.5 Å². The molecule has 0 saturated heterocycles. The van der Waals surface area contributed by atoms with Gasteiger partial charge in [0.25, 0.3) is 5.56 Å². The number of fused-ring (bicyclic) bond motifs is 1. The number of aromatic nitrogens is 3. The molecule has 6 nitrogen and oxygen atoms in total. The van der Waals surface area contributed by atoms with Gasteiger partial charge in [0, 0.05) is 17.7 Å². The summed E-state index contributed by atoms with van der Waals surface area (Å²) in [6, 6.07) is 16.6. The van der Waals surface area contributed by atoms with Gasteiger partial charge in [0.2, 0.25) is 0 Å². The van der Waals surface area contributed by atoms with Crippen LogP contribution < -0.4 is 11.3 Å². The Morgan fingerprint density at radius 1 is 1.00 bits per heavy atom. The van der Waals surface area contributed by atoms with Crippen LogP contribution in [0.5, 0.6) is 5.75 Å². The highest BCUT2D eigenvalue weighted by molar-refractivity contribution is 5.88. The van der Waals surface area contributed by atoms with E-state index in [4.69, 9.17) is 10.7 Å². The summed E-state index contributed by atoms with van der Waals surface area (Å²) in [5.41, 5.74) is 12.2. The predicted octanol–water partition coefficient (Wildman–Crippen LogP) is 4.48. The van der Waals surface area contributed by atoms with E-state index >= 15 is 0 Å². The van der Waals surface area contributed by atoms with Crippen LogP contribution in [0.4, 0.5) is 0 Å². The monoisotopic (exact) mass is 412 g/mol. The third-order valence-corrected chi connectivity index (χ3v) is 5.88. The summed E-state index contributed by atoms with van der Waals surface area (Å²) >= 11 is 0. The second-order valence-electron chi connectivity index (χ2n) is 7.85. The maximum Gasteiger partial charge on any atom is 0.280 e. The number of nitrogens with zero attached hydrogens (tertiary/aromatic N) is 2. The van der Waals surface area contributed by atoms with Crippen LogP contribution in [0, 0.1) is 0 Å². The number of phenolic OH excluding ortho intramolecular Hbond substituents is 1. The lowest BCUT2D eigenvalue weighted by molar-refractivity contribution is 0.475. The first-order chi connectivity index (χ1) is 15.2. The molecule has 4 aromatic rings. The summed E-state index contributed by atoms with van der Waals surface area (Å²) < 4.78 is 1.54. The van der Waals surface area contributed by atoms with E-state index in [1.807, 2.05) is 30.3 Å². The zero-order valence-corrected chi connectivity index (χ0v) is 17.1. The Balaban J connectivity index is 1.84. The zero-order valence-electron chi connectivity index (χ0n) is 17.1. The molecule has 0 bridgehead atoms. The van der Waals surface area contributed by atoms with Gasteiger partial charge in [-0.05, 0) is 49.0 Å². The molecule has 2 heterocycles. The van der Waals surface area contributed by atoms with Gasteiger partial charge >= 0.3 is 0 Å². The number of rotatable bonds is 4. The normalized spacial score (nSPS) is 14.0. The molecule has 5 rings (SSSR count). The number of hydrogen-bond acceptors (Lipinski definition) is 4. The molecular formula is C25H24N4O2. The molecule has 0 amide bonds. The van der Waals surface area contributed by atoms with Crippen molar-refractivity contribution in [3.63, 3.8) is 0 Å². The first-order valence-corrected chi connectivity index (χ1v) is 10.6. The Bertz CT molecular complexity index is 1330. The van der Waals surface area contributed by atoms with Crippen LogP contribution >= 0.6 is 0 Å². The van der Waals surface area contributed by atoms with Gasteiger partial charge in [-0.2, -0.15) is 4.52 Å². The van der Waals surface area contributed by atoms with E-state index in [2.05, 4.69) is 11.2 Å².